The molecule has 1 amide bonds. The average molecular weight is 328 g/mol. The van der Waals surface area contributed by atoms with E-state index in [1.54, 1.807) is 12.1 Å². The number of carbonyl (C=O) groups excluding carboxylic acids is 1. The van der Waals surface area contributed by atoms with Crippen LogP contribution < -0.4 is 10.2 Å². The van der Waals surface area contributed by atoms with Crippen LogP contribution in [0, 0.1) is 11.7 Å². The first kappa shape index (κ1) is 17.7. The van der Waals surface area contributed by atoms with Gasteiger partial charge in [0.2, 0.25) is 5.91 Å². The lowest BCUT2D eigenvalue weighted by Gasteiger charge is -2.09. The first-order chi connectivity index (χ1) is 11.5. The molecule has 0 fully saturated rings. The van der Waals surface area contributed by atoms with E-state index in [0.717, 1.165) is 11.3 Å². The number of ether oxygens (including phenoxy) is 1. The normalized spacial score (nSPS) is 11.0. The lowest BCUT2D eigenvalue weighted by molar-refractivity contribution is -0.120. The fraction of sp³-hybridized carbons (Fsp3) is 0.263. The Morgan fingerprint density at radius 3 is 2.46 bits per heavy atom. The molecule has 0 spiro atoms. The summed E-state index contributed by atoms with van der Waals surface area (Å²) in [4.78, 5) is 11.8. The fourth-order valence-corrected chi connectivity index (χ4v) is 1.92. The van der Waals surface area contributed by atoms with Crippen LogP contribution in [-0.4, -0.2) is 18.7 Å². The van der Waals surface area contributed by atoms with Crippen molar-refractivity contribution in [3.05, 3.63) is 65.5 Å². The van der Waals surface area contributed by atoms with E-state index < -0.39 is 0 Å². The summed E-state index contributed by atoms with van der Waals surface area (Å²) < 4.78 is 18.4. The number of hydrogen-bond donors (Lipinski definition) is 1. The number of nitrogens with zero attached hydrogens (tertiary/aromatic N) is 1. The van der Waals surface area contributed by atoms with Crippen LogP contribution in [0.15, 0.2) is 53.6 Å². The Labute approximate surface area is 141 Å². The van der Waals surface area contributed by atoms with Gasteiger partial charge in [0.05, 0.1) is 19.2 Å². The van der Waals surface area contributed by atoms with E-state index >= 15 is 0 Å². The Balaban J connectivity index is 1.80. The molecular formula is C19H21FN2O2. The second-order valence-electron chi connectivity index (χ2n) is 5.87. The summed E-state index contributed by atoms with van der Waals surface area (Å²) in [5.41, 5.74) is 4.04. The van der Waals surface area contributed by atoms with Crippen LogP contribution in [0.4, 0.5) is 4.39 Å². The molecule has 0 saturated carbocycles. The minimum absolute atomic E-state index is 0.218. The van der Waals surface area contributed by atoms with E-state index in [-0.39, 0.29) is 18.1 Å². The van der Waals surface area contributed by atoms with Crippen LogP contribution in [0.25, 0.3) is 0 Å². The van der Waals surface area contributed by atoms with Gasteiger partial charge in [-0.1, -0.05) is 38.1 Å². The number of hydrazone groups is 1. The average Bonchev–Trinajstić information content (AvgIpc) is 2.56. The molecule has 0 unspecified atom stereocenters. The van der Waals surface area contributed by atoms with Crippen molar-refractivity contribution in [1.29, 1.82) is 0 Å². The van der Waals surface area contributed by atoms with Crippen molar-refractivity contribution in [2.24, 2.45) is 11.0 Å². The first-order valence-corrected chi connectivity index (χ1v) is 7.82. The summed E-state index contributed by atoms with van der Waals surface area (Å²) in [6.45, 7) is 4.84. The largest absolute Gasteiger partial charge is 0.493 e. The molecule has 2 rings (SSSR count). The molecule has 0 heterocycles. The predicted molar refractivity (Wildman–Crippen MR) is 92.6 cm³/mol. The molecule has 1 N–H and O–H groups in total. The molecule has 0 aliphatic carbocycles. The van der Waals surface area contributed by atoms with E-state index in [9.17, 15) is 9.18 Å². The number of benzene rings is 2. The molecule has 0 aliphatic heterocycles. The number of halogens is 1. The quantitative estimate of drug-likeness (QED) is 0.624. The number of nitrogens with one attached hydrogen (secondary N) is 1. The van der Waals surface area contributed by atoms with Crippen LogP contribution in [-0.2, 0) is 11.2 Å². The fourth-order valence-electron chi connectivity index (χ4n) is 1.92. The van der Waals surface area contributed by atoms with Crippen LogP contribution in [0.5, 0.6) is 5.75 Å². The lowest BCUT2D eigenvalue weighted by atomic mass is 10.1. The maximum atomic E-state index is 12.8. The van der Waals surface area contributed by atoms with Gasteiger partial charge in [0.1, 0.15) is 11.6 Å². The number of rotatable bonds is 7. The summed E-state index contributed by atoms with van der Waals surface area (Å²) >= 11 is 0. The van der Waals surface area contributed by atoms with E-state index in [0.29, 0.717) is 18.1 Å². The molecule has 2 aromatic carbocycles. The molecule has 0 aromatic heterocycles. The van der Waals surface area contributed by atoms with Gasteiger partial charge in [-0.2, -0.15) is 5.10 Å². The molecule has 4 nitrogen and oxygen atoms in total. The number of amides is 1. The third-order valence-electron chi connectivity index (χ3n) is 3.14. The molecule has 0 saturated heterocycles. The molecule has 0 radical (unpaired) electrons. The van der Waals surface area contributed by atoms with E-state index in [2.05, 4.69) is 24.4 Å². The molecular weight excluding hydrogens is 307 g/mol. The molecule has 2 aromatic rings. The van der Waals surface area contributed by atoms with E-state index in [4.69, 9.17) is 4.74 Å². The van der Waals surface area contributed by atoms with Gasteiger partial charge in [0, 0.05) is 0 Å². The molecule has 126 valence electrons. The van der Waals surface area contributed by atoms with Gasteiger partial charge in [-0.05, 0) is 41.3 Å². The zero-order valence-corrected chi connectivity index (χ0v) is 13.8. The zero-order chi connectivity index (χ0) is 17.4. The van der Waals surface area contributed by atoms with Gasteiger partial charge in [-0.15, -0.1) is 0 Å². The van der Waals surface area contributed by atoms with Crippen LogP contribution in [0.3, 0.4) is 0 Å². The van der Waals surface area contributed by atoms with Crippen molar-refractivity contribution in [3.63, 3.8) is 0 Å². The summed E-state index contributed by atoms with van der Waals surface area (Å²) in [5.74, 6) is 0.734. The minimum Gasteiger partial charge on any atom is -0.493 e. The topological polar surface area (TPSA) is 50.7 Å². The zero-order valence-electron chi connectivity index (χ0n) is 13.8. The van der Waals surface area contributed by atoms with E-state index in [1.807, 2.05) is 24.3 Å². The highest BCUT2D eigenvalue weighted by atomic mass is 19.1. The Morgan fingerprint density at radius 1 is 1.17 bits per heavy atom. The summed E-state index contributed by atoms with van der Waals surface area (Å²) in [6, 6.07) is 13.3. The Morgan fingerprint density at radius 2 is 1.83 bits per heavy atom. The molecule has 5 heteroatoms. The van der Waals surface area contributed by atoms with Gasteiger partial charge in [0.15, 0.2) is 0 Å². The third-order valence-corrected chi connectivity index (χ3v) is 3.14. The van der Waals surface area contributed by atoms with Crippen molar-refractivity contribution < 1.29 is 13.9 Å². The van der Waals surface area contributed by atoms with E-state index in [1.165, 1.54) is 18.3 Å². The van der Waals surface area contributed by atoms with Crippen LogP contribution in [0.1, 0.15) is 25.0 Å². The molecule has 24 heavy (non-hydrogen) atoms. The predicted octanol–water partition coefficient (Wildman–Crippen LogP) is 3.55. The SMILES string of the molecule is CC(C)COc1ccc(CC(=O)NN=Cc2ccc(F)cc2)cc1. The van der Waals surface area contributed by atoms with Crippen molar-refractivity contribution >= 4 is 12.1 Å². The number of hydrogen-bond acceptors (Lipinski definition) is 3. The van der Waals surface area contributed by atoms with Crippen molar-refractivity contribution in [2.75, 3.05) is 6.61 Å². The highest BCUT2D eigenvalue weighted by Gasteiger charge is 2.03. The summed E-state index contributed by atoms with van der Waals surface area (Å²) in [6.07, 6.45) is 1.70. The van der Waals surface area contributed by atoms with Gasteiger partial charge in [-0.3, -0.25) is 4.79 Å². The van der Waals surface area contributed by atoms with Gasteiger partial charge in [0.25, 0.3) is 0 Å². The Bertz CT molecular complexity index is 680. The van der Waals surface area contributed by atoms with Gasteiger partial charge >= 0.3 is 0 Å². The minimum atomic E-state index is -0.308. The second-order valence-corrected chi connectivity index (χ2v) is 5.87. The summed E-state index contributed by atoms with van der Waals surface area (Å²) in [7, 11) is 0. The smallest absolute Gasteiger partial charge is 0.244 e. The van der Waals surface area contributed by atoms with Crippen LogP contribution in [0.2, 0.25) is 0 Å². The molecule has 0 aliphatic rings. The standard InChI is InChI=1S/C19H21FN2O2/c1-14(2)13-24-18-9-5-15(6-10-18)11-19(23)22-21-12-16-3-7-17(20)8-4-16/h3-10,12,14H,11,13H2,1-2H3,(H,22,23). The van der Waals surface area contributed by atoms with Crippen LogP contribution >= 0.6 is 0 Å². The molecule has 0 atom stereocenters. The Kier molecular flexibility index (Phi) is 6.49. The lowest BCUT2D eigenvalue weighted by Crippen LogP contribution is -2.19. The second kappa shape index (κ2) is 8.82. The number of carbonyl (C=O) groups is 1. The van der Waals surface area contributed by atoms with Gasteiger partial charge < -0.3 is 4.74 Å². The molecule has 0 bridgehead atoms. The van der Waals surface area contributed by atoms with Crippen molar-refractivity contribution in [2.45, 2.75) is 20.3 Å². The summed E-state index contributed by atoms with van der Waals surface area (Å²) in [5, 5.41) is 3.86. The maximum Gasteiger partial charge on any atom is 0.244 e. The van der Waals surface area contributed by atoms with Gasteiger partial charge in [-0.25, -0.2) is 9.82 Å². The first-order valence-electron chi connectivity index (χ1n) is 7.82. The third kappa shape index (κ3) is 6.20. The van der Waals surface area contributed by atoms with Crippen molar-refractivity contribution in [3.8, 4) is 5.75 Å². The maximum absolute atomic E-state index is 12.8. The Hall–Kier alpha value is -2.69. The highest BCUT2D eigenvalue weighted by Crippen LogP contribution is 2.13. The monoisotopic (exact) mass is 328 g/mol. The van der Waals surface area contributed by atoms with Crippen molar-refractivity contribution in [1.82, 2.24) is 5.43 Å². The highest BCUT2D eigenvalue weighted by molar-refractivity contribution is 5.83.